The second-order valence-electron chi connectivity index (χ2n) is 9.30. The summed E-state index contributed by atoms with van der Waals surface area (Å²) in [6.07, 6.45) is 8.23. The molecule has 4 aliphatic rings. The summed E-state index contributed by atoms with van der Waals surface area (Å²) < 4.78 is 0.880. The minimum absolute atomic E-state index is 0.118. The van der Waals surface area contributed by atoms with E-state index in [2.05, 4.69) is 48.8 Å². The van der Waals surface area contributed by atoms with Gasteiger partial charge in [-0.2, -0.15) is 0 Å². The molecule has 0 radical (unpaired) electrons. The molecule has 4 bridgehead atoms. The summed E-state index contributed by atoms with van der Waals surface area (Å²) in [5.74, 6) is 3.23. The number of benzene rings is 1. The molecule has 0 saturated heterocycles. The third kappa shape index (κ3) is 2.25. The van der Waals surface area contributed by atoms with Gasteiger partial charge in [0.2, 0.25) is 0 Å². The van der Waals surface area contributed by atoms with Gasteiger partial charge in [0.25, 0.3) is 0 Å². The quantitative estimate of drug-likeness (QED) is 0.657. The Morgan fingerprint density at radius 3 is 1.95 bits per heavy atom. The van der Waals surface area contributed by atoms with Gasteiger partial charge in [-0.25, -0.2) is 0 Å². The molecule has 0 aliphatic heterocycles. The topological polar surface area (TPSA) is 20.2 Å². The standard InChI is InChI=1S/C20H27BrO/c1-19(2,3)15-7-16(18(22)17(21)8-15)20-9-12-4-13(10-20)6-14(5-12)11-20/h7-8,12-14,22H,4-6,9-11H2,1-3H3. The fourth-order valence-corrected chi connectivity index (χ4v) is 6.34. The Morgan fingerprint density at radius 1 is 1.00 bits per heavy atom. The van der Waals surface area contributed by atoms with Crippen LogP contribution in [0, 0.1) is 17.8 Å². The summed E-state index contributed by atoms with van der Waals surface area (Å²) >= 11 is 3.62. The second-order valence-corrected chi connectivity index (χ2v) is 10.2. The van der Waals surface area contributed by atoms with Crippen LogP contribution in [0.15, 0.2) is 16.6 Å². The van der Waals surface area contributed by atoms with E-state index in [0.29, 0.717) is 5.75 Å². The molecule has 0 aromatic heterocycles. The van der Waals surface area contributed by atoms with Crippen molar-refractivity contribution >= 4 is 15.9 Å². The Kier molecular flexibility index (Phi) is 3.25. The van der Waals surface area contributed by atoms with Crippen molar-refractivity contribution in [3.05, 3.63) is 27.7 Å². The van der Waals surface area contributed by atoms with E-state index in [1.807, 2.05) is 0 Å². The first-order valence-corrected chi connectivity index (χ1v) is 9.60. The van der Waals surface area contributed by atoms with E-state index in [0.717, 1.165) is 22.2 Å². The average Bonchev–Trinajstić information content (AvgIpc) is 2.38. The molecule has 0 amide bonds. The fourth-order valence-electron chi connectivity index (χ4n) is 5.88. The smallest absolute Gasteiger partial charge is 0.133 e. The summed E-state index contributed by atoms with van der Waals surface area (Å²) in [4.78, 5) is 0. The lowest BCUT2D eigenvalue weighted by Crippen LogP contribution is -2.48. The molecule has 0 spiro atoms. The van der Waals surface area contributed by atoms with Crippen LogP contribution in [0.2, 0.25) is 0 Å². The van der Waals surface area contributed by atoms with E-state index in [1.54, 1.807) is 0 Å². The van der Waals surface area contributed by atoms with Gasteiger partial charge in [0.1, 0.15) is 5.75 Å². The predicted molar refractivity (Wildman–Crippen MR) is 94.4 cm³/mol. The molecule has 1 aromatic carbocycles. The molecular weight excluding hydrogens is 336 g/mol. The monoisotopic (exact) mass is 362 g/mol. The van der Waals surface area contributed by atoms with Crippen LogP contribution in [0.5, 0.6) is 5.75 Å². The molecule has 4 saturated carbocycles. The summed E-state index contributed by atoms with van der Waals surface area (Å²) in [5, 5.41) is 10.8. The first kappa shape index (κ1) is 15.1. The molecule has 1 aromatic rings. The molecule has 0 heterocycles. The molecular formula is C20H27BrO. The zero-order valence-corrected chi connectivity index (χ0v) is 15.5. The number of hydrogen-bond donors (Lipinski definition) is 1. The molecule has 22 heavy (non-hydrogen) atoms. The highest BCUT2D eigenvalue weighted by molar-refractivity contribution is 9.10. The normalized spacial score (nSPS) is 36.8. The molecule has 4 fully saturated rings. The zero-order valence-electron chi connectivity index (χ0n) is 14.0. The third-order valence-corrected chi connectivity index (χ3v) is 7.14. The van der Waals surface area contributed by atoms with Gasteiger partial charge in [-0.3, -0.25) is 0 Å². The van der Waals surface area contributed by atoms with Crippen molar-refractivity contribution < 1.29 is 5.11 Å². The van der Waals surface area contributed by atoms with Crippen molar-refractivity contribution in [3.63, 3.8) is 0 Å². The first-order chi connectivity index (χ1) is 10.3. The lowest BCUT2D eigenvalue weighted by molar-refractivity contribution is -0.00623. The highest BCUT2D eigenvalue weighted by Gasteiger charge is 2.52. The van der Waals surface area contributed by atoms with E-state index in [4.69, 9.17) is 0 Å². The number of halogens is 1. The number of phenols is 1. The SMILES string of the molecule is CC(C)(C)c1cc(Br)c(O)c(C23CC4CC(CC(C4)C2)C3)c1. The van der Waals surface area contributed by atoms with Gasteiger partial charge in [-0.05, 0) is 94.7 Å². The fraction of sp³-hybridized carbons (Fsp3) is 0.700. The maximum atomic E-state index is 10.8. The Bertz CT molecular complexity index is 576. The van der Waals surface area contributed by atoms with Crippen LogP contribution in [-0.2, 0) is 10.8 Å². The first-order valence-electron chi connectivity index (χ1n) is 8.80. The van der Waals surface area contributed by atoms with Gasteiger partial charge in [0.15, 0.2) is 0 Å². The van der Waals surface area contributed by atoms with Crippen molar-refractivity contribution in [2.24, 2.45) is 17.8 Å². The van der Waals surface area contributed by atoms with E-state index >= 15 is 0 Å². The average molecular weight is 363 g/mol. The molecule has 5 rings (SSSR count). The van der Waals surface area contributed by atoms with Crippen molar-refractivity contribution in [2.45, 2.75) is 70.1 Å². The van der Waals surface area contributed by atoms with Crippen LogP contribution in [0.1, 0.15) is 70.4 Å². The summed E-state index contributed by atoms with van der Waals surface area (Å²) in [6, 6.07) is 4.44. The van der Waals surface area contributed by atoms with Crippen molar-refractivity contribution in [1.29, 1.82) is 0 Å². The third-order valence-electron chi connectivity index (χ3n) is 6.54. The highest BCUT2D eigenvalue weighted by atomic mass is 79.9. The molecule has 0 unspecified atom stereocenters. The van der Waals surface area contributed by atoms with Gasteiger partial charge in [0, 0.05) is 5.56 Å². The zero-order chi connectivity index (χ0) is 15.7. The van der Waals surface area contributed by atoms with Gasteiger partial charge in [0.05, 0.1) is 4.47 Å². The molecule has 4 aliphatic carbocycles. The van der Waals surface area contributed by atoms with Crippen LogP contribution in [-0.4, -0.2) is 5.11 Å². The minimum Gasteiger partial charge on any atom is -0.506 e. The van der Waals surface area contributed by atoms with Crippen LogP contribution >= 0.6 is 15.9 Å². The summed E-state index contributed by atoms with van der Waals surface area (Å²) in [5.41, 5.74) is 2.95. The molecule has 1 nitrogen and oxygen atoms in total. The lowest BCUT2D eigenvalue weighted by atomic mass is 9.48. The Balaban J connectivity index is 1.84. The van der Waals surface area contributed by atoms with Gasteiger partial charge in [-0.1, -0.05) is 26.8 Å². The Hall–Kier alpha value is -0.500. The second kappa shape index (κ2) is 4.75. The maximum absolute atomic E-state index is 10.8. The van der Waals surface area contributed by atoms with E-state index in [1.165, 1.54) is 49.7 Å². The molecule has 120 valence electrons. The van der Waals surface area contributed by atoms with Crippen LogP contribution in [0.3, 0.4) is 0 Å². The minimum atomic E-state index is 0.118. The largest absolute Gasteiger partial charge is 0.506 e. The van der Waals surface area contributed by atoms with Gasteiger partial charge < -0.3 is 5.11 Å². The molecule has 0 atom stereocenters. The highest BCUT2D eigenvalue weighted by Crippen LogP contribution is 2.62. The van der Waals surface area contributed by atoms with Crippen molar-refractivity contribution in [3.8, 4) is 5.75 Å². The lowest BCUT2D eigenvalue weighted by Gasteiger charge is -2.57. The number of hydrogen-bond acceptors (Lipinski definition) is 1. The Morgan fingerprint density at radius 2 is 1.50 bits per heavy atom. The van der Waals surface area contributed by atoms with Crippen LogP contribution < -0.4 is 0 Å². The van der Waals surface area contributed by atoms with E-state index in [9.17, 15) is 5.11 Å². The van der Waals surface area contributed by atoms with Gasteiger partial charge >= 0.3 is 0 Å². The summed E-state index contributed by atoms with van der Waals surface area (Å²) in [7, 11) is 0. The van der Waals surface area contributed by atoms with Crippen molar-refractivity contribution in [2.75, 3.05) is 0 Å². The number of rotatable bonds is 1. The maximum Gasteiger partial charge on any atom is 0.133 e. The molecule has 1 N–H and O–H groups in total. The predicted octanol–water partition coefficient (Wildman–Crippen LogP) is 5.92. The van der Waals surface area contributed by atoms with Crippen LogP contribution in [0.4, 0.5) is 0 Å². The van der Waals surface area contributed by atoms with Gasteiger partial charge in [-0.15, -0.1) is 0 Å². The summed E-state index contributed by atoms with van der Waals surface area (Å²) in [6.45, 7) is 6.78. The Labute approximate surface area is 142 Å². The molecule has 2 heteroatoms. The number of phenolic OH excluding ortho intramolecular Hbond substituents is 1. The van der Waals surface area contributed by atoms with Crippen molar-refractivity contribution in [1.82, 2.24) is 0 Å². The van der Waals surface area contributed by atoms with Crippen LogP contribution in [0.25, 0.3) is 0 Å². The van der Waals surface area contributed by atoms with E-state index < -0.39 is 0 Å². The number of aromatic hydroxyl groups is 1. The van der Waals surface area contributed by atoms with E-state index in [-0.39, 0.29) is 10.8 Å².